The first-order valence-electron chi connectivity index (χ1n) is 12.3. The van der Waals surface area contributed by atoms with Gasteiger partial charge in [0.05, 0.1) is 24.2 Å². The molecule has 2 bridgehead atoms. The fourth-order valence-corrected chi connectivity index (χ4v) is 6.56. The van der Waals surface area contributed by atoms with Crippen molar-refractivity contribution in [3.05, 3.63) is 35.6 Å². The Hall–Kier alpha value is -2.50. The number of carbonyl (C=O) groups is 2. The smallest absolute Gasteiger partial charge is 0.241 e. The lowest BCUT2D eigenvalue weighted by atomic mass is 9.89. The maximum absolute atomic E-state index is 13.6. The third-order valence-corrected chi connectivity index (χ3v) is 8.11. The minimum atomic E-state index is -0.734. The normalized spacial score (nSPS) is 29.6. The van der Waals surface area contributed by atoms with Gasteiger partial charge < -0.3 is 15.5 Å². The summed E-state index contributed by atoms with van der Waals surface area (Å²) in [4.78, 5) is 32.1. The molecule has 0 aromatic heterocycles. The third-order valence-electron chi connectivity index (χ3n) is 8.11. The molecule has 3 aliphatic heterocycles. The lowest BCUT2D eigenvalue weighted by molar-refractivity contribution is -0.142. The van der Waals surface area contributed by atoms with Crippen molar-refractivity contribution >= 4 is 11.8 Å². The van der Waals surface area contributed by atoms with Crippen molar-refractivity contribution in [1.29, 1.82) is 5.26 Å². The molecule has 0 radical (unpaired) electrons. The number of hydrogen-bond acceptors (Lipinski definition) is 5. The molecule has 176 valence electrons. The van der Waals surface area contributed by atoms with Crippen LogP contribution in [-0.4, -0.2) is 70.3 Å². The lowest BCUT2D eigenvalue weighted by Crippen LogP contribution is -2.57. The van der Waals surface area contributed by atoms with E-state index in [1.165, 1.54) is 25.0 Å². The first kappa shape index (κ1) is 22.3. The second-order valence-electron chi connectivity index (χ2n) is 10.1. The summed E-state index contributed by atoms with van der Waals surface area (Å²) in [6.45, 7) is 1.60. The molecular formula is C25H32FN5O2. The van der Waals surface area contributed by atoms with Gasteiger partial charge in [-0.15, -0.1) is 0 Å². The molecule has 2 N–H and O–H groups in total. The van der Waals surface area contributed by atoms with E-state index in [2.05, 4.69) is 15.9 Å². The number of rotatable bonds is 6. The fourth-order valence-electron chi connectivity index (χ4n) is 6.56. The van der Waals surface area contributed by atoms with Gasteiger partial charge in [0.15, 0.2) is 0 Å². The van der Waals surface area contributed by atoms with Crippen LogP contribution < -0.4 is 5.73 Å². The van der Waals surface area contributed by atoms with Crippen molar-refractivity contribution in [2.75, 3.05) is 19.6 Å². The van der Waals surface area contributed by atoms with Crippen LogP contribution in [0, 0.1) is 23.1 Å². The van der Waals surface area contributed by atoms with Crippen LogP contribution >= 0.6 is 0 Å². The minimum absolute atomic E-state index is 0.0194. The van der Waals surface area contributed by atoms with Gasteiger partial charge in [0.2, 0.25) is 11.8 Å². The maximum atomic E-state index is 13.6. The summed E-state index contributed by atoms with van der Waals surface area (Å²) < 4.78 is 13.6. The van der Waals surface area contributed by atoms with Gasteiger partial charge in [0.1, 0.15) is 11.9 Å². The van der Waals surface area contributed by atoms with Crippen molar-refractivity contribution < 1.29 is 14.0 Å². The van der Waals surface area contributed by atoms with E-state index in [1.54, 1.807) is 4.90 Å². The quantitative estimate of drug-likeness (QED) is 0.713. The second kappa shape index (κ2) is 9.03. The summed E-state index contributed by atoms with van der Waals surface area (Å²) in [5.74, 6) is 0.0401. The fraction of sp³-hybridized carbons (Fsp3) is 0.640. The number of likely N-dealkylation sites (tertiary alicyclic amines) is 3. The van der Waals surface area contributed by atoms with Crippen LogP contribution in [0.25, 0.3) is 0 Å². The van der Waals surface area contributed by atoms with Crippen LogP contribution in [0.1, 0.15) is 56.6 Å². The van der Waals surface area contributed by atoms with Crippen LogP contribution in [0.2, 0.25) is 0 Å². The molecule has 1 aromatic carbocycles. The number of nitrogens with zero attached hydrogens (tertiary/aromatic N) is 4. The molecule has 1 aliphatic carbocycles. The van der Waals surface area contributed by atoms with E-state index in [9.17, 15) is 19.2 Å². The zero-order valence-electron chi connectivity index (χ0n) is 18.9. The van der Waals surface area contributed by atoms with Gasteiger partial charge in [-0.25, -0.2) is 4.39 Å². The average Bonchev–Trinajstić information content (AvgIpc) is 3.60. The standard InChI is InChI=1S/C25H32FN5O2/c26-18-9-7-17(8-10-18)23(16-4-1-2-5-16)31-20-12-22(25(31)33)29(14-20)15-21(28)24(32)30-11-3-6-19(30)13-27/h7-10,16,19-23H,1-6,11-12,14-15,28H2/t19?,20-,21?,22?,23?/m0/s1. The van der Waals surface area contributed by atoms with Crippen LogP contribution in [0.4, 0.5) is 4.39 Å². The Morgan fingerprint density at radius 3 is 2.58 bits per heavy atom. The van der Waals surface area contributed by atoms with Gasteiger partial charge in [-0.3, -0.25) is 14.5 Å². The molecule has 4 fully saturated rings. The highest BCUT2D eigenvalue weighted by Gasteiger charge is 2.53. The van der Waals surface area contributed by atoms with Crippen molar-refractivity contribution in [3.63, 3.8) is 0 Å². The summed E-state index contributed by atoms with van der Waals surface area (Å²) in [5.41, 5.74) is 7.28. The lowest BCUT2D eigenvalue weighted by Gasteiger charge is -2.42. The number of amides is 2. The largest absolute Gasteiger partial charge is 0.330 e. The molecule has 4 unspecified atom stereocenters. The minimum Gasteiger partial charge on any atom is -0.330 e. The Kier molecular flexibility index (Phi) is 6.11. The van der Waals surface area contributed by atoms with Gasteiger partial charge in [0.25, 0.3) is 0 Å². The number of nitrogens with two attached hydrogens (primary N) is 1. The third kappa shape index (κ3) is 4.02. The zero-order chi connectivity index (χ0) is 23.1. The highest BCUT2D eigenvalue weighted by Crippen LogP contribution is 2.45. The van der Waals surface area contributed by atoms with Crippen molar-refractivity contribution in [2.45, 2.75) is 75.2 Å². The van der Waals surface area contributed by atoms with Crippen molar-refractivity contribution in [2.24, 2.45) is 11.7 Å². The van der Waals surface area contributed by atoms with E-state index < -0.39 is 12.1 Å². The highest BCUT2D eigenvalue weighted by atomic mass is 19.1. The first-order valence-corrected chi connectivity index (χ1v) is 12.3. The summed E-state index contributed by atoms with van der Waals surface area (Å²) in [6, 6.07) is 7.49. The average molecular weight is 454 g/mol. The number of fused-ring (bicyclic) bond motifs is 2. The molecule has 7 nitrogen and oxygen atoms in total. The van der Waals surface area contributed by atoms with E-state index in [0.29, 0.717) is 32.0 Å². The highest BCUT2D eigenvalue weighted by molar-refractivity contribution is 5.87. The Bertz CT molecular complexity index is 941. The number of nitriles is 1. The summed E-state index contributed by atoms with van der Waals surface area (Å²) in [5, 5.41) is 9.29. The SMILES string of the molecule is N#CC1CCCN1C(=O)C(N)CN1C[C@@H]2CC1C(=O)N2C(c1ccc(F)cc1)C1CCCC1. The molecule has 2 amide bonds. The molecule has 1 saturated carbocycles. The van der Waals surface area contributed by atoms with Crippen LogP contribution in [0.15, 0.2) is 24.3 Å². The van der Waals surface area contributed by atoms with Crippen molar-refractivity contribution in [3.8, 4) is 6.07 Å². The Morgan fingerprint density at radius 2 is 1.91 bits per heavy atom. The molecular weight excluding hydrogens is 421 g/mol. The van der Waals surface area contributed by atoms with E-state index in [1.807, 2.05) is 12.1 Å². The van der Waals surface area contributed by atoms with Gasteiger partial charge in [0, 0.05) is 25.7 Å². The maximum Gasteiger partial charge on any atom is 0.241 e. The summed E-state index contributed by atoms with van der Waals surface area (Å²) in [7, 11) is 0. The molecule has 5 atom stereocenters. The van der Waals surface area contributed by atoms with Gasteiger partial charge in [-0.05, 0) is 55.7 Å². The molecule has 33 heavy (non-hydrogen) atoms. The van der Waals surface area contributed by atoms with E-state index in [4.69, 9.17) is 5.73 Å². The molecule has 1 aromatic rings. The van der Waals surface area contributed by atoms with Gasteiger partial charge in [-0.2, -0.15) is 5.26 Å². The molecule has 5 rings (SSSR count). The van der Waals surface area contributed by atoms with E-state index >= 15 is 0 Å². The number of halogens is 1. The number of hydrogen-bond donors (Lipinski definition) is 1. The molecule has 4 aliphatic rings. The number of carbonyl (C=O) groups excluding carboxylic acids is 2. The summed E-state index contributed by atoms with van der Waals surface area (Å²) >= 11 is 0. The number of benzene rings is 1. The topological polar surface area (TPSA) is 93.7 Å². The van der Waals surface area contributed by atoms with Crippen LogP contribution in [-0.2, 0) is 9.59 Å². The molecule has 3 saturated heterocycles. The van der Waals surface area contributed by atoms with E-state index in [-0.39, 0.29) is 35.8 Å². The van der Waals surface area contributed by atoms with Crippen molar-refractivity contribution in [1.82, 2.24) is 14.7 Å². The monoisotopic (exact) mass is 453 g/mol. The van der Waals surface area contributed by atoms with Gasteiger partial charge in [-0.1, -0.05) is 25.0 Å². The zero-order valence-corrected chi connectivity index (χ0v) is 18.9. The predicted molar refractivity (Wildman–Crippen MR) is 120 cm³/mol. The Morgan fingerprint density at radius 1 is 1.18 bits per heavy atom. The van der Waals surface area contributed by atoms with E-state index in [0.717, 1.165) is 31.2 Å². The summed E-state index contributed by atoms with van der Waals surface area (Å²) in [6.07, 6.45) is 6.77. The second-order valence-corrected chi connectivity index (χ2v) is 10.1. The number of piperazine rings is 1. The Balaban J connectivity index is 1.29. The molecule has 0 spiro atoms. The van der Waals surface area contributed by atoms with Gasteiger partial charge >= 0.3 is 0 Å². The van der Waals surface area contributed by atoms with Crippen LogP contribution in [0.5, 0.6) is 0 Å². The van der Waals surface area contributed by atoms with Crippen LogP contribution in [0.3, 0.4) is 0 Å². The first-order chi connectivity index (χ1) is 16.0. The predicted octanol–water partition coefficient (Wildman–Crippen LogP) is 2.18. The molecule has 8 heteroatoms. The Labute approximate surface area is 194 Å². The molecule has 3 heterocycles.